The maximum Gasteiger partial charge on any atom is 0.420 e. The molecule has 0 aliphatic heterocycles. The van der Waals surface area contributed by atoms with E-state index >= 15 is 0 Å². The van der Waals surface area contributed by atoms with Gasteiger partial charge in [-0.2, -0.15) is 18.3 Å². The zero-order valence-electron chi connectivity index (χ0n) is 8.57. The lowest BCUT2D eigenvalue weighted by Gasteiger charge is -2.11. The van der Waals surface area contributed by atoms with Crippen LogP contribution in [0, 0.1) is 0 Å². The number of hydrogen-bond acceptors (Lipinski definition) is 2. The monoisotopic (exact) mass is 242 g/mol. The number of rotatable bonds is 2. The molecule has 0 aliphatic rings. The second-order valence-electron chi connectivity index (χ2n) is 3.52. The summed E-state index contributed by atoms with van der Waals surface area (Å²) in [6.45, 7) is 0. The van der Waals surface area contributed by atoms with E-state index in [-0.39, 0.29) is 5.69 Å². The van der Waals surface area contributed by atoms with E-state index in [0.717, 1.165) is 0 Å². The second kappa shape index (κ2) is 4.21. The highest BCUT2D eigenvalue weighted by Crippen LogP contribution is 2.32. The van der Waals surface area contributed by atoms with Crippen molar-refractivity contribution in [3.8, 4) is 11.3 Å². The topological polar surface area (TPSA) is 48.9 Å². The molecule has 0 spiro atoms. The summed E-state index contributed by atoms with van der Waals surface area (Å²) < 4.78 is 36.7. The third-order valence-corrected chi connectivity index (χ3v) is 2.27. The normalized spacial score (nSPS) is 13.6. The summed E-state index contributed by atoms with van der Waals surface area (Å²) in [5, 5.41) is 14.9. The number of aliphatic hydroxyl groups is 1. The summed E-state index contributed by atoms with van der Waals surface area (Å²) in [7, 11) is 0. The van der Waals surface area contributed by atoms with E-state index in [1.165, 1.54) is 6.07 Å². The van der Waals surface area contributed by atoms with Crippen LogP contribution in [0.4, 0.5) is 13.2 Å². The number of benzene rings is 1. The van der Waals surface area contributed by atoms with Crippen LogP contribution in [0.25, 0.3) is 11.3 Å². The van der Waals surface area contributed by atoms with Gasteiger partial charge in [-0.25, -0.2) is 0 Å². The van der Waals surface area contributed by atoms with Crippen molar-refractivity contribution in [3.05, 3.63) is 42.1 Å². The highest BCUT2D eigenvalue weighted by molar-refractivity contribution is 5.59. The van der Waals surface area contributed by atoms with Crippen LogP contribution in [-0.2, 0) is 0 Å². The third-order valence-electron chi connectivity index (χ3n) is 2.27. The smallest absolute Gasteiger partial charge is 0.378 e. The van der Waals surface area contributed by atoms with E-state index in [1.807, 2.05) is 0 Å². The Hall–Kier alpha value is -1.82. The quantitative estimate of drug-likeness (QED) is 0.850. The lowest BCUT2D eigenvalue weighted by Crippen LogP contribution is -2.20. The SMILES string of the molecule is O[C@@H](c1cc(-c2ccccc2)n[nH]1)C(F)(F)F. The molecule has 90 valence electrons. The maximum atomic E-state index is 12.2. The van der Waals surface area contributed by atoms with Crippen LogP contribution in [-0.4, -0.2) is 21.5 Å². The molecule has 2 aromatic rings. The van der Waals surface area contributed by atoms with Crippen LogP contribution in [0.2, 0.25) is 0 Å². The minimum atomic E-state index is -4.69. The molecule has 0 amide bonds. The Morgan fingerprint density at radius 3 is 2.41 bits per heavy atom. The molecule has 2 N–H and O–H groups in total. The van der Waals surface area contributed by atoms with Crippen molar-refractivity contribution in [1.29, 1.82) is 0 Å². The van der Waals surface area contributed by atoms with Gasteiger partial charge in [-0.1, -0.05) is 30.3 Å². The van der Waals surface area contributed by atoms with E-state index in [2.05, 4.69) is 10.2 Å². The average molecular weight is 242 g/mol. The molecular weight excluding hydrogens is 233 g/mol. The first kappa shape index (κ1) is 11.7. The Kier molecular flexibility index (Phi) is 2.89. The molecule has 0 radical (unpaired) electrons. The van der Waals surface area contributed by atoms with E-state index in [0.29, 0.717) is 11.3 Å². The molecule has 0 unspecified atom stereocenters. The fourth-order valence-electron chi connectivity index (χ4n) is 1.41. The Balaban J connectivity index is 2.28. The van der Waals surface area contributed by atoms with Crippen molar-refractivity contribution in [1.82, 2.24) is 10.2 Å². The summed E-state index contributed by atoms with van der Waals surface area (Å²) in [6, 6.07) is 9.93. The van der Waals surface area contributed by atoms with Gasteiger partial charge in [0.05, 0.1) is 11.4 Å². The number of halogens is 3. The van der Waals surface area contributed by atoms with Gasteiger partial charge < -0.3 is 5.11 Å². The third kappa shape index (κ3) is 2.47. The Morgan fingerprint density at radius 2 is 1.82 bits per heavy atom. The van der Waals surface area contributed by atoms with Gasteiger partial charge in [-0.05, 0) is 6.07 Å². The van der Waals surface area contributed by atoms with Gasteiger partial charge >= 0.3 is 6.18 Å². The van der Waals surface area contributed by atoms with Gasteiger partial charge in [0.1, 0.15) is 0 Å². The summed E-state index contributed by atoms with van der Waals surface area (Å²) in [6.07, 6.45) is -7.23. The number of aromatic amines is 1. The zero-order chi connectivity index (χ0) is 12.5. The van der Waals surface area contributed by atoms with Crippen molar-refractivity contribution >= 4 is 0 Å². The molecule has 1 aromatic heterocycles. The Bertz CT molecular complexity index is 493. The molecule has 2 rings (SSSR count). The Labute approximate surface area is 94.9 Å². The predicted octanol–water partition coefficient (Wildman–Crippen LogP) is 2.67. The maximum absolute atomic E-state index is 12.2. The minimum Gasteiger partial charge on any atom is -0.378 e. The molecule has 1 heterocycles. The van der Waals surface area contributed by atoms with E-state index in [4.69, 9.17) is 5.11 Å². The fourth-order valence-corrected chi connectivity index (χ4v) is 1.41. The van der Waals surface area contributed by atoms with Crippen molar-refractivity contribution in [2.75, 3.05) is 0 Å². The van der Waals surface area contributed by atoms with E-state index in [9.17, 15) is 13.2 Å². The van der Waals surface area contributed by atoms with Crippen LogP contribution in [0.5, 0.6) is 0 Å². The molecule has 6 heteroatoms. The summed E-state index contributed by atoms with van der Waals surface area (Å²) in [4.78, 5) is 0. The largest absolute Gasteiger partial charge is 0.420 e. The highest BCUT2D eigenvalue weighted by Gasteiger charge is 2.40. The first-order valence-electron chi connectivity index (χ1n) is 4.84. The first-order valence-corrected chi connectivity index (χ1v) is 4.84. The molecule has 0 saturated carbocycles. The molecular formula is C11H9F3N2O. The van der Waals surface area contributed by atoms with E-state index in [1.54, 1.807) is 30.3 Å². The predicted molar refractivity (Wildman–Crippen MR) is 55.0 cm³/mol. The van der Waals surface area contributed by atoms with Gasteiger partial charge in [0.15, 0.2) is 6.10 Å². The molecule has 0 fully saturated rings. The zero-order valence-corrected chi connectivity index (χ0v) is 8.57. The van der Waals surface area contributed by atoms with Gasteiger partial charge in [0, 0.05) is 5.56 Å². The van der Waals surface area contributed by atoms with Crippen molar-refractivity contribution in [3.63, 3.8) is 0 Å². The molecule has 1 aromatic carbocycles. The number of nitrogens with one attached hydrogen (secondary N) is 1. The number of aliphatic hydroxyl groups excluding tert-OH is 1. The van der Waals surface area contributed by atoms with Crippen molar-refractivity contribution in [2.45, 2.75) is 12.3 Å². The average Bonchev–Trinajstić information content (AvgIpc) is 2.77. The summed E-state index contributed by atoms with van der Waals surface area (Å²) in [5.41, 5.74) is 0.685. The molecule has 1 atom stereocenters. The van der Waals surface area contributed by atoms with Crippen LogP contribution in [0.15, 0.2) is 36.4 Å². The van der Waals surface area contributed by atoms with Crippen molar-refractivity contribution < 1.29 is 18.3 Å². The number of hydrogen-bond donors (Lipinski definition) is 2. The van der Waals surface area contributed by atoms with Gasteiger partial charge in [0.2, 0.25) is 0 Å². The first-order chi connectivity index (χ1) is 7.98. The molecule has 0 bridgehead atoms. The van der Waals surface area contributed by atoms with Crippen LogP contribution < -0.4 is 0 Å². The van der Waals surface area contributed by atoms with Gasteiger partial charge in [-0.3, -0.25) is 5.10 Å². The highest BCUT2D eigenvalue weighted by atomic mass is 19.4. The minimum absolute atomic E-state index is 0.364. The fraction of sp³-hybridized carbons (Fsp3) is 0.182. The molecule has 3 nitrogen and oxygen atoms in total. The number of alkyl halides is 3. The lowest BCUT2D eigenvalue weighted by molar-refractivity contribution is -0.207. The number of aromatic nitrogens is 2. The van der Waals surface area contributed by atoms with E-state index < -0.39 is 12.3 Å². The van der Waals surface area contributed by atoms with Crippen LogP contribution in [0.1, 0.15) is 11.8 Å². The summed E-state index contributed by atoms with van der Waals surface area (Å²) in [5.74, 6) is 0. The van der Waals surface area contributed by atoms with Gasteiger partial charge in [0.25, 0.3) is 0 Å². The lowest BCUT2D eigenvalue weighted by atomic mass is 10.1. The number of nitrogens with zero attached hydrogens (tertiary/aromatic N) is 1. The number of H-pyrrole nitrogens is 1. The van der Waals surface area contributed by atoms with Crippen molar-refractivity contribution in [2.24, 2.45) is 0 Å². The molecule has 0 saturated heterocycles. The van der Waals surface area contributed by atoms with Gasteiger partial charge in [-0.15, -0.1) is 0 Å². The second-order valence-corrected chi connectivity index (χ2v) is 3.52. The molecule has 0 aliphatic carbocycles. The standard InChI is InChI=1S/C11H9F3N2O/c12-11(13,14)10(17)9-6-8(15-16-9)7-4-2-1-3-5-7/h1-6,10,17H,(H,15,16)/t10-/m0/s1. The molecule has 17 heavy (non-hydrogen) atoms. The Morgan fingerprint density at radius 1 is 1.18 bits per heavy atom. The van der Waals surface area contributed by atoms with Crippen LogP contribution >= 0.6 is 0 Å². The van der Waals surface area contributed by atoms with Crippen LogP contribution in [0.3, 0.4) is 0 Å². The summed E-state index contributed by atoms with van der Waals surface area (Å²) >= 11 is 0.